The number of carbonyl (C=O) groups excluding carboxylic acids is 2. The van der Waals surface area contributed by atoms with Crippen molar-refractivity contribution >= 4 is 40.9 Å². The van der Waals surface area contributed by atoms with Gasteiger partial charge in [0.2, 0.25) is 0 Å². The zero-order valence-corrected chi connectivity index (χ0v) is 18.4. The molecule has 3 aromatic carbocycles. The lowest BCUT2D eigenvalue weighted by atomic mass is 10.1. The number of nitrogens with zero attached hydrogens (tertiary/aromatic N) is 2. The van der Waals surface area contributed by atoms with Crippen LogP contribution in [0.15, 0.2) is 72.3 Å². The van der Waals surface area contributed by atoms with Crippen molar-refractivity contribution in [1.82, 2.24) is 0 Å². The summed E-state index contributed by atoms with van der Waals surface area (Å²) >= 11 is 5.88. The minimum Gasteiger partial charge on any atom is -0.495 e. The van der Waals surface area contributed by atoms with E-state index in [2.05, 4.69) is 5.32 Å². The number of halogens is 1. The van der Waals surface area contributed by atoms with Crippen molar-refractivity contribution in [3.8, 4) is 17.6 Å². The van der Waals surface area contributed by atoms with Gasteiger partial charge < -0.3 is 14.8 Å². The van der Waals surface area contributed by atoms with Crippen LogP contribution in [0, 0.1) is 21.4 Å². The first kappa shape index (κ1) is 24.0. The van der Waals surface area contributed by atoms with Gasteiger partial charge in [-0.3, -0.25) is 14.9 Å². The third-order valence-corrected chi connectivity index (χ3v) is 4.70. The van der Waals surface area contributed by atoms with E-state index in [1.807, 2.05) is 0 Å². The summed E-state index contributed by atoms with van der Waals surface area (Å²) in [7, 11) is 1.35. The molecular formula is C24H16ClN3O6. The van der Waals surface area contributed by atoms with Crippen LogP contribution in [-0.4, -0.2) is 23.9 Å². The molecular weight excluding hydrogens is 462 g/mol. The molecule has 3 rings (SSSR count). The lowest BCUT2D eigenvalue weighted by molar-refractivity contribution is -0.384. The summed E-state index contributed by atoms with van der Waals surface area (Å²) in [5.41, 5.74) is 0.321. The highest BCUT2D eigenvalue weighted by molar-refractivity contribution is 6.30. The number of ether oxygens (including phenoxy) is 2. The van der Waals surface area contributed by atoms with Crippen LogP contribution in [0.25, 0.3) is 6.08 Å². The molecule has 10 heteroatoms. The predicted molar refractivity (Wildman–Crippen MR) is 125 cm³/mol. The van der Waals surface area contributed by atoms with Crippen molar-refractivity contribution in [3.63, 3.8) is 0 Å². The highest BCUT2D eigenvalue weighted by Crippen LogP contribution is 2.29. The number of nitro groups is 1. The Labute approximate surface area is 198 Å². The molecule has 170 valence electrons. The van der Waals surface area contributed by atoms with Crippen molar-refractivity contribution in [2.45, 2.75) is 0 Å². The number of methoxy groups -OCH3 is 1. The van der Waals surface area contributed by atoms with Gasteiger partial charge in [0.25, 0.3) is 11.6 Å². The van der Waals surface area contributed by atoms with Gasteiger partial charge in [-0.2, -0.15) is 5.26 Å². The molecule has 0 atom stereocenters. The summed E-state index contributed by atoms with van der Waals surface area (Å²) in [6, 6.07) is 17.9. The molecule has 0 aliphatic heterocycles. The van der Waals surface area contributed by atoms with Crippen molar-refractivity contribution in [2.24, 2.45) is 0 Å². The van der Waals surface area contributed by atoms with Gasteiger partial charge in [0.1, 0.15) is 23.1 Å². The Morgan fingerprint density at radius 2 is 1.85 bits per heavy atom. The molecule has 0 bridgehead atoms. The van der Waals surface area contributed by atoms with Crippen molar-refractivity contribution < 1.29 is 24.0 Å². The molecule has 0 aliphatic rings. The van der Waals surface area contributed by atoms with Crippen LogP contribution in [-0.2, 0) is 4.79 Å². The zero-order valence-electron chi connectivity index (χ0n) is 17.7. The molecule has 0 radical (unpaired) electrons. The van der Waals surface area contributed by atoms with Gasteiger partial charge in [-0.1, -0.05) is 29.8 Å². The summed E-state index contributed by atoms with van der Waals surface area (Å²) in [4.78, 5) is 35.2. The van der Waals surface area contributed by atoms with Gasteiger partial charge in [0.05, 0.1) is 23.3 Å². The number of nitrogens with one attached hydrogen (secondary N) is 1. The minimum absolute atomic E-state index is 0.0473. The number of benzene rings is 3. The van der Waals surface area contributed by atoms with E-state index in [0.717, 1.165) is 6.07 Å². The number of hydrogen-bond acceptors (Lipinski definition) is 7. The monoisotopic (exact) mass is 477 g/mol. The molecule has 9 nitrogen and oxygen atoms in total. The van der Waals surface area contributed by atoms with E-state index in [1.165, 1.54) is 43.5 Å². The molecule has 0 saturated carbocycles. The number of esters is 1. The van der Waals surface area contributed by atoms with Crippen LogP contribution < -0.4 is 14.8 Å². The number of nitriles is 1. The maximum atomic E-state index is 12.6. The Hall–Kier alpha value is -4.68. The van der Waals surface area contributed by atoms with E-state index in [9.17, 15) is 25.0 Å². The number of hydrogen-bond donors (Lipinski definition) is 1. The van der Waals surface area contributed by atoms with Crippen LogP contribution in [0.5, 0.6) is 11.5 Å². The van der Waals surface area contributed by atoms with Gasteiger partial charge in [-0.25, -0.2) is 4.79 Å². The van der Waals surface area contributed by atoms with E-state index < -0.39 is 16.8 Å². The topological polar surface area (TPSA) is 132 Å². The van der Waals surface area contributed by atoms with E-state index in [4.69, 9.17) is 21.1 Å². The standard InChI is InChI=1S/C24H16ClN3O6/c1-33-22-10-7-19(28(31)32)13-21(22)27-23(29)17(14-26)11-15-5-8-20(9-6-15)34-24(30)16-3-2-4-18(25)12-16/h2-13H,1H3,(H,27,29)/b17-11+. The number of non-ortho nitro benzene ring substituents is 1. The normalized spacial score (nSPS) is 10.7. The highest BCUT2D eigenvalue weighted by Gasteiger charge is 2.16. The van der Waals surface area contributed by atoms with Gasteiger partial charge in [-0.15, -0.1) is 0 Å². The van der Waals surface area contributed by atoms with Gasteiger partial charge in [-0.05, 0) is 48.0 Å². The van der Waals surface area contributed by atoms with Gasteiger partial charge >= 0.3 is 5.97 Å². The number of rotatable bonds is 7. The van der Waals surface area contributed by atoms with Crippen molar-refractivity contribution in [2.75, 3.05) is 12.4 Å². The molecule has 3 aromatic rings. The smallest absolute Gasteiger partial charge is 0.343 e. The maximum Gasteiger partial charge on any atom is 0.343 e. The van der Waals surface area contributed by atoms with E-state index in [1.54, 1.807) is 36.4 Å². The first-order valence-corrected chi connectivity index (χ1v) is 10.0. The molecule has 0 aliphatic carbocycles. The van der Waals surface area contributed by atoms with E-state index >= 15 is 0 Å². The number of anilines is 1. The fourth-order valence-corrected chi connectivity index (χ4v) is 3.02. The van der Waals surface area contributed by atoms with Crippen LogP contribution in [0.2, 0.25) is 5.02 Å². The van der Waals surface area contributed by atoms with Crippen LogP contribution >= 0.6 is 11.6 Å². The molecule has 1 N–H and O–H groups in total. The Morgan fingerprint density at radius 1 is 1.12 bits per heavy atom. The van der Waals surface area contributed by atoms with Crippen LogP contribution in [0.4, 0.5) is 11.4 Å². The summed E-state index contributed by atoms with van der Waals surface area (Å²) in [5.74, 6) is -0.917. The van der Waals surface area contributed by atoms with Crippen LogP contribution in [0.1, 0.15) is 15.9 Å². The first-order chi connectivity index (χ1) is 16.3. The average Bonchev–Trinajstić information content (AvgIpc) is 2.83. The second-order valence-corrected chi connectivity index (χ2v) is 7.17. The Bertz CT molecular complexity index is 1330. The predicted octanol–water partition coefficient (Wildman–Crippen LogP) is 5.02. The molecule has 0 heterocycles. The summed E-state index contributed by atoms with van der Waals surface area (Å²) in [6.07, 6.45) is 1.32. The number of carbonyl (C=O) groups is 2. The number of nitro benzene ring substituents is 1. The van der Waals surface area contributed by atoms with Crippen molar-refractivity contribution in [1.29, 1.82) is 5.26 Å². The summed E-state index contributed by atoms with van der Waals surface area (Å²) in [6.45, 7) is 0. The molecule has 0 unspecified atom stereocenters. The third-order valence-electron chi connectivity index (χ3n) is 4.47. The van der Waals surface area contributed by atoms with Gasteiger partial charge in [0.15, 0.2) is 0 Å². The Kier molecular flexibility index (Phi) is 7.59. The lowest BCUT2D eigenvalue weighted by Gasteiger charge is -2.09. The van der Waals surface area contributed by atoms with Crippen molar-refractivity contribution in [3.05, 3.63) is 98.6 Å². The van der Waals surface area contributed by atoms with Crippen LogP contribution in [0.3, 0.4) is 0 Å². The zero-order chi connectivity index (χ0) is 24.7. The molecule has 0 spiro atoms. The quantitative estimate of drug-likeness (QED) is 0.126. The molecule has 34 heavy (non-hydrogen) atoms. The summed E-state index contributed by atoms with van der Waals surface area (Å²) in [5, 5.41) is 23.3. The molecule has 0 saturated heterocycles. The van der Waals surface area contributed by atoms with E-state index in [0.29, 0.717) is 10.6 Å². The SMILES string of the molecule is COc1ccc([N+](=O)[O-])cc1NC(=O)/C(C#N)=C/c1ccc(OC(=O)c2cccc(Cl)c2)cc1. The molecule has 0 aromatic heterocycles. The first-order valence-electron chi connectivity index (χ1n) is 9.64. The maximum absolute atomic E-state index is 12.6. The third kappa shape index (κ3) is 5.97. The molecule has 1 amide bonds. The second kappa shape index (κ2) is 10.8. The average molecular weight is 478 g/mol. The largest absolute Gasteiger partial charge is 0.495 e. The van der Waals surface area contributed by atoms with Gasteiger partial charge in [0, 0.05) is 17.2 Å². The van der Waals surface area contributed by atoms with E-state index in [-0.39, 0.29) is 34.0 Å². The Balaban J connectivity index is 1.75. The lowest BCUT2D eigenvalue weighted by Crippen LogP contribution is -2.14. The minimum atomic E-state index is -0.780. The number of amides is 1. The molecule has 0 fully saturated rings. The Morgan fingerprint density at radius 3 is 2.47 bits per heavy atom. The fourth-order valence-electron chi connectivity index (χ4n) is 2.83. The highest BCUT2D eigenvalue weighted by atomic mass is 35.5. The fraction of sp³-hybridized carbons (Fsp3) is 0.0417. The second-order valence-electron chi connectivity index (χ2n) is 6.73. The summed E-state index contributed by atoms with van der Waals surface area (Å²) < 4.78 is 10.4.